The first-order valence-corrected chi connectivity index (χ1v) is 16.9. The summed E-state index contributed by atoms with van der Waals surface area (Å²) < 4.78 is 22.4. The number of esters is 3. The Hall–Kier alpha value is -5.43. The summed E-state index contributed by atoms with van der Waals surface area (Å²) in [5.41, 5.74) is 4.05. The van der Waals surface area contributed by atoms with E-state index in [1.165, 1.54) is 13.0 Å². The number of allylic oxidation sites excluding steroid dienone is 2. The first-order valence-electron chi connectivity index (χ1n) is 16.2. The molecule has 1 aliphatic rings. The van der Waals surface area contributed by atoms with Crippen molar-refractivity contribution in [2.75, 3.05) is 6.61 Å². The summed E-state index contributed by atoms with van der Waals surface area (Å²) in [6.45, 7) is 16.5. The number of aliphatic hydroxyl groups excluding tert-OH is 1. The molecule has 1 atom stereocenters. The fraction of sp³-hybridized carbons (Fsp3) is 0.308. The van der Waals surface area contributed by atoms with Gasteiger partial charge in [0.25, 0.3) is 0 Å². The minimum Gasteiger partial charge on any atom is -0.508 e. The number of carboxylic acids is 1. The first-order chi connectivity index (χ1) is 24.2. The van der Waals surface area contributed by atoms with Gasteiger partial charge in [0, 0.05) is 12.2 Å². The molecule has 13 heteroatoms. The number of aliphatic hydroxyl groups is 1. The van der Waals surface area contributed by atoms with E-state index in [1.54, 1.807) is 62.3 Å². The van der Waals surface area contributed by atoms with Gasteiger partial charge in [-0.25, -0.2) is 14.4 Å². The fourth-order valence-electron chi connectivity index (χ4n) is 6.12. The van der Waals surface area contributed by atoms with Gasteiger partial charge in [-0.1, -0.05) is 0 Å². The van der Waals surface area contributed by atoms with Crippen molar-refractivity contribution in [1.82, 2.24) is 0 Å². The molecule has 52 heavy (non-hydrogen) atoms. The highest BCUT2D eigenvalue weighted by Crippen LogP contribution is 2.43. The molecule has 0 radical (unpaired) electrons. The molecule has 0 saturated heterocycles. The van der Waals surface area contributed by atoms with Crippen LogP contribution in [0.5, 0.6) is 23.0 Å². The lowest BCUT2D eigenvalue weighted by Gasteiger charge is -2.22. The van der Waals surface area contributed by atoms with Crippen molar-refractivity contribution in [3.05, 3.63) is 101 Å². The second-order valence-electron chi connectivity index (χ2n) is 12.5. The lowest BCUT2D eigenvalue weighted by molar-refractivity contribution is -0.142. The first kappa shape index (κ1) is 39.4. The summed E-state index contributed by atoms with van der Waals surface area (Å²) in [5.74, 6) is -6.77. The average Bonchev–Trinajstić information content (AvgIpc) is 3.05. The number of aromatic hydroxyl groups is 1. The van der Waals surface area contributed by atoms with Crippen LogP contribution in [0.1, 0.15) is 88.1 Å². The molecule has 1 unspecified atom stereocenters. The smallest absolute Gasteiger partial charge is 0.347 e. The summed E-state index contributed by atoms with van der Waals surface area (Å²) in [6, 6.07) is 1.50. The van der Waals surface area contributed by atoms with Crippen LogP contribution in [-0.2, 0) is 14.3 Å². The molecule has 274 valence electrons. The molecule has 4 rings (SSSR count). The molecule has 0 heterocycles. The van der Waals surface area contributed by atoms with Crippen LogP contribution in [0.15, 0.2) is 34.2 Å². The highest BCUT2D eigenvalue weighted by atomic mass is 79.9. The van der Waals surface area contributed by atoms with Gasteiger partial charge in [-0.2, -0.15) is 0 Å². The van der Waals surface area contributed by atoms with Gasteiger partial charge >= 0.3 is 23.9 Å². The topological polar surface area (TPSA) is 183 Å². The van der Waals surface area contributed by atoms with Crippen LogP contribution in [0.3, 0.4) is 0 Å². The van der Waals surface area contributed by atoms with Crippen LogP contribution in [0.25, 0.3) is 0 Å². The molecule has 0 bridgehead atoms. The number of phenols is 1. The van der Waals surface area contributed by atoms with Crippen LogP contribution in [0.2, 0.25) is 0 Å². The number of carbonyl (C=O) groups is 5. The number of carboxylic acid groups (broad SMARTS) is 1. The van der Waals surface area contributed by atoms with E-state index in [0.717, 1.165) is 12.2 Å². The van der Waals surface area contributed by atoms with Crippen molar-refractivity contribution >= 4 is 45.6 Å². The molecule has 0 amide bonds. The minimum atomic E-state index is -1.50. The maximum atomic E-state index is 13.6. The highest BCUT2D eigenvalue weighted by molar-refractivity contribution is 9.10. The number of hydrogen-bond donors (Lipinski definition) is 3. The van der Waals surface area contributed by atoms with Crippen molar-refractivity contribution in [3.8, 4) is 23.0 Å². The monoisotopic (exact) mass is 778 g/mol. The molecule has 12 nitrogen and oxygen atoms in total. The van der Waals surface area contributed by atoms with Crippen LogP contribution >= 0.6 is 15.9 Å². The number of benzene rings is 3. The zero-order chi connectivity index (χ0) is 39.1. The molecule has 1 aliphatic carbocycles. The van der Waals surface area contributed by atoms with E-state index in [4.69, 9.17) is 18.9 Å². The summed E-state index contributed by atoms with van der Waals surface area (Å²) in [7, 11) is 0. The Bertz CT molecular complexity index is 2100. The van der Waals surface area contributed by atoms with Gasteiger partial charge in [0.05, 0.1) is 17.7 Å². The van der Waals surface area contributed by atoms with Crippen molar-refractivity contribution in [3.63, 3.8) is 0 Å². The number of ether oxygens (including phenoxy) is 4. The standard InChI is InChI=1S/C39H39BrO12/c1-11-49-27-14-24(41)13-25(42)31(27)39(48)52-35-23(10)20(7)30(33(43)32(35)40)38(47)50-26-12-15(2)28(17(4)16(26)3)37(46)51-34-21(8)18(5)29(36(44)45)19(6)22(34)9/h12-14,31,41,43H,11H2,1-10H3,(H,44,45). The van der Waals surface area contributed by atoms with Crippen LogP contribution in [0, 0.1) is 68.2 Å². The molecular weight excluding hydrogens is 740 g/mol. The second-order valence-corrected chi connectivity index (χ2v) is 13.3. The number of hydrogen-bond acceptors (Lipinski definition) is 11. The van der Waals surface area contributed by atoms with E-state index in [-0.39, 0.29) is 67.7 Å². The normalized spacial score (nSPS) is 14.0. The van der Waals surface area contributed by atoms with E-state index in [0.29, 0.717) is 38.9 Å². The Morgan fingerprint density at radius 3 is 1.77 bits per heavy atom. The number of rotatable bonds is 9. The predicted octanol–water partition coefficient (Wildman–Crippen LogP) is 7.53. The van der Waals surface area contributed by atoms with E-state index >= 15 is 0 Å². The third-order valence-electron chi connectivity index (χ3n) is 9.45. The van der Waals surface area contributed by atoms with Crippen molar-refractivity contribution in [2.45, 2.75) is 69.2 Å². The highest BCUT2D eigenvalue weighted by Gasteiger charge is 2.37. The van der Waals surface area contributed by atoms with Gasteiger partial charge in [-0.15, -0.1) is 0 Å². The van der Waals surface area contributed by atoms with Gasteiger partial charge in [-0.3, -0.25) is 9.59 Å². The lowest BCUT2D eigenvalue weighted by Crippen LogP contribution is -2.32. The van der Waals surface area contributed by atoms with E-state index in [1.807, 2.05) is 0 Å². The minimum absolute atomic E-state index is 0.0996. The molecule has 3 N–H and O–H groups in total. The van der Waals surface area contributed by atoms with E-state index < -0.39 is 41.3 Å². The number of aryl methyl sites for hydroxylation is 1. The average molecular weight is 780 g/mol. The molecule has 3 aromatic rings. The summed E-state index contributed by atoms with van der Waals surface area (Å²) >= 11 is 3.21. The quantitative estimate of drug-likeness (QED) is 0.110. The molecule has 0 spiro atoms. The molecule has 0 aromatic heterocycles. The predicted molar refractivity (Wildman–Crippen MR) is 193 cm³/mol. The van der Waals surface area contributed by atoms with Gasteiger partial charge in [-0.05, 0) is 141 Å². The van der Waals surface area contributed by atoms with Gasteiger partial charge in [0.1, 0.15) is 38.8 Å². The van der Waals surface area contributed by atoms with E-state index in [9.17, 15) is 39.3 Å². The molecule has 0 fully saturated rings. The number of phenolic OH excluding ortho intramolecular Hbond substituents is 1. The van der Waals surface area contributed by atoms with Crippen molar-refractivity contribution in [1.29, 1.82) is 0 Å². The zero-order valence-electron chi connectivity index (χ0n) is 30.4. The van der Waals surface area contributed by atoms with Crippen LogP contribution < -0.4 is 14.2 Å². The van der Waals surface area contributed by atoms with Gasteiger partial charge in [0.2, 0.25) is 0 Å². The Morgan fingerprint density at radius 1 is 0.692 bits per heavy atom. The van der Waals surface area contributed by atoms with E-state index in [2.05, 4.69) is 15.9 Å². The zero-order valence-corrected chi connectivity index (χ0v) is 32.0. The molecule has 3 aromatic carbocycles. The summed E-state index contributed by atoms with van der Waals surface area (Å²) in [5, 5.41) is 30.7. The fourth-order valence-corrected chi connectivity index (χ4v) is 6.70. The Kier molecular flexibility index (Phi) is 11.4. The van der Waals surface area contributed by atoms with Crippen LogP contribution in [0.4, 0.5) is 0 Å². The number of ketones is 1. The number of aromatic carboxylic acids is 1. The molecular formula is C39H39BrO12. The third kappa shape index (κ3) is 7.05. The van der Waals surface area contributed by atoms with Crippen molar-refractivity contribution in [2.24, 2.45) is 5.92 Å². The number of halogens is 1. The number of carbonyl (C=O) groups excluding carboxylic acids is 4. The summed E-state index contributed by atoms with van der Waals surface area (Å²) in [6.07, 6.45) is 2.02. The Morgan fingerprint density at radius 2 is 1.21 bits per heavy atom. The molecule has 0 aliphatic heterocycles. The Balaban J connectivity index is 1.64. The van der Waals surface area contributed by atoms with Gasteiger partial charge in [0.15, 0.2) is 17.5 Å². The maximum Gasteiger partial charge on any atom is 0.347 e. The third-order valence-corrected chi connectivity index (χ3v) is 10.2. The van der Waals surface area contributed by atoms with Gasteiger partial charge < -0.3 is 34.3 Å². The largest absolute Gasteiger partial charge is 0.508 e. The Labute approximate surface area is 308 Å². The summed E-state index contributed by atoms with van der Waals surface area (Å²) in [4.78, 5) is 64.9. The SMILES string of the molecule is CCOC1=CC(O)=CC(=O)C1C(=O)Oc1c(C)c(C)c(C(=O)Oc2cc(C)c(C(=O)Oc3c(C)c(C)c(C(=O)O)c(C)c3C)c(C)c2C)c(O)c1Br. The molecule has 0 saturated carbocycles. The van der Waals surface area contributed by atoms with Crippen molar-refractivity contribution < 1.29 is 58.2 Å². The second kappa shape index (κ2) is 15.0. The maximum absolute atomic E-state index is 13.6. The van der Waals surface area contributed by atoms with Crippen LogP contribution in [-0.4, -0.2) is 51.6 Å². The lowest BCUT2D eigenvalue weighted by atomic mass is 9.93.